The fraction of sp³-hybridized carbons (Fsp3) is 0.611. The second kappa shape index (κ2) is 8.78. The van der Waals surface area contributed by atoms with Crippen LogP contribution in [0.5, 0.6) is 0 Å². The van der Waals surface area contributed by atoms with E-state index in [2.05, 4.69) is 29.3 Å². The molecule has 1 aromatic rings. The number of carbonyl (C=O) groups excluding carboxylic acids is 1. The fourth-order valence-corrected chi connectivity index (χ4v) is 3.24. The Morgan fingerprint density at radius 3 is 2.56 bits per heavy atom. The quantitative estimate of drug-likeness (QED) is 0.791. The monoisotopic (exact) mass is 367 g/mol. The molecular formula is C18H29N3O3S. The first kappa shape index (κ1) is 19.9. The van der Waals surface area contributed by atoms with Crippen molar-refractivity contribution in [3.05, 3.63) is 35.4 Å². The van der Waals surface area contributed by atoms with E-state index in [0.717, 1.165) is 41.7 Å². The van der Waals surface area contributed by atoms with Crippen LogP contribution in [-0.2, 0) is 27.9 Å². The summed E-state index contributed by atoms with van der Waals surface area (Å²) in [5.41, 5.74) is 2.27. The maximum absolute atomic E-state index is 11.9. The van der Waals surface area contributed by atoms with E-state index in [9.17, 15) is 13.2 Å². The van der Waals surface area contributed by atoms with Gasteiger partial charge in [0.25, 0.3) is 0 Å². The van der Waals surface area contributed by atoms with E-state index in [1.165, 1.54) is 25.5 Å². The summed E-state index contributed by atoms with van der Waals surface area (Å²) in [6.45, 7) is 5.76. The van der Waals surface area contributed by atoms with Crippen LogP contribution < -0.4 is 5.32 Å². The normalized spacial score (nSPS) is 17.0. The third-order valence-electron chi connectivity index (χ3n) is 4.70. The van der Waals surface area contributed by atoms with Crippen molar-refractivity contribution in [3.63, 3.8) is 0 Å². The number of carbonyl (C=O) groups is 1. The van der Waals surface area contributed by atoms with Crippen LogP contribution in [0.15, 0.2) is 24.3 Å². The first-order valence-electron chi connectivity index (χ1n) is 8.72. The van der Waals surface area contributed by atoms with Crippen molar-refractivity contribution in [1.82, 2.24) is 14.5 Å². The standard InChI is InChI=1S/C18H29N3O3S/c1-15-7-9-21(10-8-15)13-17-6-4-5-16(11-17)12-19-18(22)14-20(2)25(3,23)24/h4-6,11,15H,7-10,12-14H2,1-3H3,(H,19,22). The molecule has 7 heteroatoms. The van der Waals surface area contributed by atoms with E-state index >= 15 is 0 Å². The molecule has 0 unspecified atom stereocenters. The predicted octanol–water partition coefficient (Wildman–Crippen LogP) is 1.43. The number of sulfonamides is 1. The molecule has 2 rings (SSSR count). The Labute approximate surface area is 151 Å². The number of rotatable bonds is 7. The molecule has 6 nitrogen and oxygen atoms in total. The van der Waals surface area contributed by atoms with E-state index in [1.807, 2.05) is 12.1 Å². The highest BCUT2D eigenvalue weighted by molar-refractivity contribution is 7.88. The molecule has 1 N–H and O–H groups in total. The van der Waals surface area contributed by atoms with Gasteiger partial charge in [-0.25, -0.2) is 8.42 Å². The lowest BCUT2D eigenvalue weighted by atomic mass is 9.98. The second-order valence-electron chi connectivity index (χ2n) is 7.07. The predicted molar refractivity (Wildman–Crippen MR) is 99.4 cm³/mol. The van der Waals surface area contributed by atoms with Crippen LogP contribution in [0.3, 0.4) is 0 Å². The van der Waals surface area contributed by atoms with Gasteiger partial charge in [-0.15, -0.1) is 0 Å². The Hall–Kier alpha value is -1.44. The molecule has 0 aliphatic carbocycles. The van der Waals surface area contributed by atoms with E-state index < -0.39 is 10.0 Å². The van der Waals surface area contributed by atoms with Gasteiger partial charge in [0.15, 0.2) is 0 Å². The third-order valence-corrected chi connectivity index (χ3v) is 5.96. The maximum Gasteiger partial charge on any atom is 0.235 e. The summed E-state index contributed by atoms with van der Waals surface area (Å²) in [4.78, 5) is 14.4. The fourth-order valence-electron chi connectivity index (χ4n) is 2.89. The van der Waals surface area contributed by atoms with Crippen molar-refractivity contribution in [2.24, 2.45) is 5.92 Å². The van der Waals surface area contributed by atoms with Gasteiger partial charge in [0.1, 0.15) is 0 Å². The summed E-state index contributed by atoms with van der Waals surface area (Å²) in [5, 5.41) is 2.78. The highest BCUT2D eigenvalue weighted by Crippen LogP contribution is 2.18. The second-order valence-corrected chi connectivity index (χ2v) is 9.16. The molecule has 1 heterocycles. The molecule has 1 aromatic carbocycles. The minimum absolute atomic E-state index is 0.162. The van der Waals surface area contributed by atoms with Gasteiger partial charge in [0.05, 0.1) is 12.8 Å². The maximum atomic E-state index is 11.9. The zero-order chi connectivity index (χ0) is 18.4. The average Bonchev–Trinajstić information content (AvgIpc) is 2.55. The van der Waals surface area contributed by atoms with Crippen LogP contribution in [-0.4, -0.2) is 56.5 Å². The SMILES string of the molecule is CC1CCN(Cc2cccc(CNC(=O)CN(C)S(C)(=O)=O)c2)CC1. The van der Waals surface area contributed by atoms with Crippen molar-refractivity contribution < 1.29 is 13.2 Å². The molecule has 25 heavy (non-hydrogen) atoms. The summed E-state index contributed by atoms with van der Waals surface area (Å²) in [7, 11) is -1.94. The molecule has 1 amide bonds. The number of hydrogen-bond acceptors (Lipinski definition) is 4. The average molecular weight is 368 g/mol. The number of nitrogens with one attached hydrogen (secondary N) is 1. The van der Waals surface area contributed by atoms with Gasteiger partial charge in [-0.1, -0.05) is 31.2 Å². The van der Waals surface area contributed by atoms with Gasteiger partial charge in [-0.2, -0.15) is 4.31 Å². The van der Waals surface area contributed by atoms with E-state index in [1.54, 1.807) is 0 Å². The van der Waals surface area contributed by atoms with E-state index in [0.29, 0.717) is 6.54 Å². The Morgan fingerprint density at radius 2 is 1.92 bits per heavy atom. The number of amides is 1. The Bertz CT molecular complexity index is 683. The summed E-state index contributed by atoms with van der Waals surface area (Å²) < 4.78 is 23.7. The number of likely N-dealkylation sites (N-methyl/N-ethyl adjacent to an activating group) is 1. The Morgan fingerprint density at radius 1 is 1.28 bits per heavy atom. The summed E-state index contributed by atoms with van der Waals surface area (Å²) >= 11 is 0. The van der Waals surface area contributed by atoms with Crippen molar-refractivity contribution in [2.45, 2.75) is 32.9 Å². The van der Waals surface area contributed by atoms with Crippen LogP contribution in [0.25, 0.3) is 0 Å². The molecule has 0 saturated carbocycles. The van der Waals surface area contributed by atoms with Gasteiger partial charge in [-0.3, -0.25) is 9.69 Å². The van der Waals surface area contributed by atoms with Crippen LogP contribution in [0.1, 0.15) is 30.9 Å². The molecule has 1 fully saturated rings. The summed E-state index contributed by atoms with van der Waals surface area (Å²) in [5.74, 6) is 0.520. The lowest BCUT2D eigenvalue weighted by Gasteiger charge is -2.30. The largest absolute Gasteiger partial charge is 0.351 e. The number of benzene rings is 1. The van der Waals surface area contributed by atoms with Gasteiger partial charge in [0, 0.05) is 20.1 Å². The Kier molecular flexibility index (Phi) is 6.98. The van der Waals surface area contributed by atoms with Crippen LogP contribution >= 0.6 is 0 Å². The van der Waals surface area contributed by atoms with E-state index in [4.69, 9.17) is 0 Å². The van der Waals surface area contributed by atoms with Crippen LogP contribution in [0, 0.1) is 5.92 Å². The topological polar surface area (TPSA) is 69.7 Å². The highest BCUT2D eigenvalue weighted by Gasteiger charge is 2.16. The number of piperidine rings is 1. The zero-order valence-corrected chi connectivity index (χ0v) is 16.2. The van der Waals surface area contributed by atoms with E-state index in [-0.39, 0.29) is 12.5 Å². The summed E-state index contributed by atoms with van der Waals surface area (Å²) in [6, 6.07) is 8.20. The smallest absolute Gasteiger partial charge is 0.235 e. The highest BCUT2D eigenvalue weighted by atomic mass is 32.2. The van der Waals surface area contributed by atoms with Crippen molar-refractivity contribution >= 4 is 15.9 Å². The zero-order valence-electron chi connectivity index (χ0n) is 15.4. The molecule has 0 aromatic heterocycles. The van der Waals surface area contributed by atoms with Crippen molar-refractivity contribution in [2.75, 3.05) is 32.9 Å². The minimum Gasteiger partial charge on any atom is -0.351 e. The first-order valence-corrected chi connectivity index (χ1v) is 10.6. The summed E-state index contributed by atoms with van der Waals surface area (Å²) in [6.07, 6.45) is 3.60. The van der Waals surface area contributed by atoms with Gasteiger partial charge in [-0.05, 0) is 43.0 Å². The Balaban J connectivity index is 1.83. The van der Waals surface area contributed by atoms with Crippen LogP contribution in [0.2, 0.25) is 0 Å². The number of hydrogen-bond donors (Lipinski definition) is 1. The van der Waals surface area contributed by atoms with Gasteiger partial charge < -0.3 is 5.32 Å². The number of likely N-dealkylation sites (tertiary alicyclic amines) is 1. The van der Waals surface area contributed by atoms with Gasteiger partial charge >= 0.3 is 0 Å². The van der Waals surface area contributed by atoms with Gasteiger partial charge in [0.2, 0.25) is 15.9 Å². The molecule has 0 bridgehead atoms. The molecule has 1 saturated heterocycles. The van der Waals surface area contributed by atoms with Crippen molar-refractivity contribution in [1.29, 1.82) is 0 Å². The first-order chi connectivity index (χ1) is 11.7. The molecule has 0 atom stereocenters. The molecule has 0 radical (unpaired) electrons. The number of nitrogens with zero attached hydrogens (tertiary/aromatic N) is 2. The molecule has 1 aliphatic heterocycles. The molecular weight excluding hydrogens is 338 g/mol. The molecule has 1 aliphatic rings. The van der Waals surface area contributed by atoms with Crippen molar-refractivity contribution in [3.8, 4) is 0 Å². The lowest BCUT2D eigenvalue weighted by Crippen LogP contribution is -2.37. The minimum atomic E-state index is -3.34. The molecule has 140 valence electrons. The lowest BCUT2D eigenvalue weighted by molar-refractivity contribution is -0.121. The molecule has 0 spiro atoms. The third kappa shape index (κ3) is 6.76. The van der Waals surface area contributed by atoms with Crippen LogP contribution in [0.4, 0.5) is 0 Å².